The van der Waals surface area contributed by atoms with E-state index in [2.05, 4.69) is 4.90 Å². The van der Waals surface area contributed by atoms with Gasteiger partial charge >= 0.3 is 0 Å². The van der Waals surface area contributed by atoms with Gasteiger partial charge in [0.05, 0.1) is 6.10 Å². The van der Waals surface area contributed by atoms with Crippen LogP contribution in [0.25, 0.3) is 0 Å². The smallest absolute Gasteiger partial charge is 0.123 e. The molecule has 3 nitrogen and oxygen atoms in total. The first-order valence-electron chi connectivity index (χ1n) is 6.50. The molecule has 1 unspecified atom stereocenters. The first kappa shape index (κ1) is 13.3. The zero-order chi connectivity index (χ0) is 13.1. The minimum absolute atomic E-state index is 0.230. The molecule has 1 atom stereocenters. The van der Waals surface area contributed by atoms with Gasteiger partial charge in [-0.15, -0.1) is 0 Å². The van der Waals surface area contributed by atoms with Crippen molar-refractivity contribution < 1.29 is 9.50 Å². The topological polar surface area (TPSA) is 49.5 Å². The second kappa shape index (κ2) is 5.67. The van der Waals surface area contributed by atoms with Crippen LogP contribution in [-0.4, -0.2) is 29.2 Å². The van der Waals surface area contributed by atoms with E-state index >= 15 is 0 Å². The van der Waals surface area contributed by atoms with E-state index in [-0.39, 0.29) is 11.9 Å². The monoisotopic (exact) mass is 252 g/mol. The molecule has 2 rings (SSSR count). The maximum absolute atomic E-state index is 13.2. The van der Waals surface area contributed by atoms with Crippen molar-refractivity contribution in [1.29, 1.82) is 0 Å². The Morgan fingerprint density at radius 1 is 1.44 bits per heavy atom. The molecule has 0 saturated carbocycles. The summed E-state index contributed by atoms with van der Waals surface area (Å²) in [5.41, 5.74) is 7.35. The molecule has 0 aliphatic carbocycles. The Kier molecular flexibility index (Phi) is 4.19. The molecule has 1 aliphatic heterocycles. The largest absolute Gasteiger partial charge is 0.398 e. The van der Waals surface area contributed by atoms with E-state index in [0.29, 0.717) is 18.2 Å². The van der Waals surface area contributed by atoms with Crippen LogP contribution in [0.5, 0.6) is 0 Å². The standard InChI is InChI=1S/C14H21FN2O/c1-10(18)11-4-6-17(7-5-11)9-12-8-13(15)2-3-14(12)16/h2-3,8,10-11,18H,4-7,9,16H2,1H3. The van der Waals surface area contributed by atoms with Gasteiger partial charge in [-0.05, 0) is 62.5 Å². The van der Waals surface area contributed by atoms with Gasteiger partial charge in [-0.25, -0.2) is 4.39 Å². The van der Waals surface area contributed by atoms with Crippen LogP contribution in [0.15, 0.2) is 18.2 Å². The van der Waals surface area contributed by atoms with Crippen LogP contribution in [0.2, 0.25) is 0 Å². The van der Waals surface area contributed by atoms with E-state index in [0.717, 1.165) is 31.5 Å². The molecule has 1 aliphatic rings. The molecular weight excluding hydrogens is 231 g/mol. The summed E-state index contributed by atoms with van der Waals surface area (Å²) in [5.74, 6) is 0.157. The predicted molar refractivity (Wildman–Crippen MR) is 70.5 cm³/mol. The van der Waals surface area contributed by atoms with Crippen molar-refractivity contribution in [2.24, 2.45) is 5.92 Å². The average Bonchev–Trinajstić information content (AvgIpc) is 2.34. The van der Waals surface area contributed by atoms with Crippen molar-refractivity contribution in [2.75, 3.05) is 18.8 Å². The molecule has 0 radical (unpaired) electrons. The Bertz CT molecular complexity index is 401. The third kappa shape index (κ3) is 3.21. The van der Waals surface area contributed by atoms with Gasteiger partial charge in [0, 0.05) is 12.2 Å². The summed E-state index contributed by atoms with van der Waals surface area (Å²) in [5, 5.41) is 9.55. The highest BCUT2D eigenvalue weighted by Gasteiger charge is 2.22. The van der Waals surface area contributed by atoms with Gasteiger partial charge in [-0.2, -0.15) is 0 Å². The molecular formula is C14H21FN2O. The number of nitrogens with zero attached hydrogens (tertiary/aromatic N) is 1. The number of halogens is 1. The normalized spacial score (nSPS) is 19.9. The maximum atomic E-state index is 13.2. The number of likely N-dealkylation sites (tertiary alicyclic amines) is 1. The molecule has 4 heteroatoms. The zero-order valence-corrected chi connectivity index (χ0v) is 10.8. The molecule has 0 amide bonds. The molecule has 1 aromatic rings. The molecule has 1 aromatic carbocycles. The molecule has 100 valence electrons. The zero-order valence-electron chi connectivity index (χ0n) is 10.8. The fraction of sp³-hybridized carbons (Fsp3) is 0.571. The average molecular weight is 252 g/mol. The number of piperidine rings is 1. The van der Waals surface area contributed by atoms with Crippen molar-refractivity contribution >= 4 is 5.69 Å². The van der Waals surface area contributed by atoms with Crippen molar-refractivity contribution in [3.05, 3.63) is 29.6 Å². The van der Waals surface area contributed by atoms with Crippen LogP contribution < -0.4 is 5.73 Å². The van der Waals surface area contributed by atoms with Gasteiger partial charge in [-0.3, -0.25) is 4.90 Å². The van der Waals surface area contributed by atoms with Crippen LogP contribution in [0.3, 0.4) is 0 Å². The lowest BCUT2D eigenvalue weighted by atomic mass is 9.92. The number of hydrogen-bond acceptors (Lipinski definition) is 3. The van der Waals surface area contributed by atoms with Crippen molar-refractivity contribution in [3.63, 3.8) is 0 Å². The lowest BCUT2D eigenvalue weighted by Gasteiger charge is -2.33. The summed E-state index contributed by atoms with van der Waals surface area (Å²) >= 11 is 0. The van der Waals surface area contributed by atoms with Crippen molar-refractivity contribution in [1.82, 2.24) is 4.90 Å². The quantitative estimate of drug-likeness (QED) is 0.809. The summed E-state index contributed by atoms with van der Waals surface area (Å²) in [7, 11) is 0. The molecule has 1 heterocycles. The van der Waals surface area contributed by atoms with Crippen LogP contribution >= 0.6 is 0 Å². The van der Waals surface area contributed by atoms with Gasteiger partial charge in [0.2, 0.25) is 0 Å². The molecule has 18 heavy (non-hydrogen) atoms. The van der Waals surface area contributed by atoms with E-state index in [1.807, 2.05) is 6.92 Å². The fourth-order valence-corrected chi connectivity index (χ4v) is 2.55. The number of benzene rings is 1. The second-order valence-corrected chi connectivity index (χ2v) is 5.20. The molecule has 0 spiro atoms. The molecule has 3 N–H and O–H groups in total. The highest BCUT2D eigenvalue weighted by atomic mass is 19.1. The fourth-order valence-electron chi connectivity index (χ4n) is 2.55. The van der Waals surface area contributed by atoms with Crippen molar-refractivity contribution in [3.8, 4) is 0 Å². The number of nitrogen functional groups attached to an aromatic ring is 1. The first-order chi connectivity index (χ1) is 8.56. The number of anilines is 1. The Hall–Kier alpha value is -1.13. The van der Waals surface area contributed by atoms with Gasteiger partial charge in [-0.1, -0.05) is 0 Å². The SMILES string of the molecule is CC(O)C1CCN(Cc2cc(F)ccc2N)CC1. The number of nitrogens with two attached hydrogens (primary N) is 1. The molecule has 0 bridgehead atoms. The number of aliphatic hydroxyl groups is 1. The third-order valence-electron chi connectivity index (χ3n) is 3.81. The van der Waals surface area contributed by atoms with Gasteiger partial charge in [0.25, 0.3) is 0 Å². The minimum Gasteiger partial charge on any atom is -0.398 e. The number of rotatable bonds is 3. The van der Waals surface area contributed by atoms with E-state index in [1.165, 1.54) is 12.1 Å². The molecule has 0 aromatic heterocycles. The van der Waals surface area contributed by atoms with Crippen LogP contribution in [-0.2, 0) is 6.54 Å². The molecule has 1 fully saturated rings. The van der Waals surface area contributed by atoms with Gasteiger partial charge in [0.1, 0.15) is 5.82 Å². The summed E-state index contributed by atoms with van der Waals surface area (Å²) in [6.07, 6.45) is 1.76. The molecule has 1 saturated heterocycles. The van der Waals surface area contributed by atoms with Crippen molar-refractivity contribution in [2.45, 2.75) is 32.4 Å². The maximum Gasteiger partial charge on any atom is 0.123 e. The van der Waals surface area contributed by atoms with Gasteiger partial charge < -0.3 is 10.8 Å². The van der Waals surface area contributed by atoms with Crippen LogP contribution in [0.4, 0.5) is 10.1 Å². The summed E-state index contributed by atoms with van der Waals surface area (Å²) in [6.45, 7) is 4.41. The lowest BCUT2D eigenvalue weighted by molar-refractivity contribution is 0.0696. The minimum atomic E-state index is -0.238. The highest BCUT2D eigenvalue weighted by Crippen LogP contribution is 2.23. The van der Waals surface area contributed by atoms with E-state index in [1.54, 1.807) is 6.07 Å². The summed E-state index contributed by atoms with van der Waals surface area (Å²) < 4.78 is 13.2. The second-order valence-electron chi connectivity index (χ2n) is 5.20. The summed E-state index contributed by atoms with van der Waals surface area (Å²) in [6, 6.07) is 4.52. The van der Waals surface area contributed by atoms with Crippen LogP contribution in [0.1, 0.15) is 25.3 Å². The highest BCUT2D eigenvalue weighted by molar-refractivity contribution is 5.46. The van der Waals surface area contributed by atoms with E-state index in [4.69, 9.17) is 5.73 Å². The Morgan fingerprint density at radius 3 is 2.72 bits per heavy atom. The van der Waals surface area contributed by atoms with E-state index in [9.17, 15) is 9.50 Å². The number of aliphatic hydroxyl groups excluding tert-OH is 1. The first-order valence-corrected chi connectivity index (χ1v) is 6.50. The van der Waals surface area contributed by atoms with Gasteiger partial charge in [0.15, 0.2) is 0 Å². The lowest BCUT2D eigenvalue weighted by Crippen LogP contribution is -2.36. The predicted octanol–water partition coefficient (Wildman–Crippen LogP) is 2.00. The Labute approximate surface area is 107 Å². The van der Waals surface area contributed by atoms with E-state index < -0.39 is 0 Å². The number of hydrogen-bond donors (Lipinski definition) is 2. The third-order valence-corrected chi connectivity index (χ3v) is 3.81. The Morgan fingerprint density at radius 2 is 2.11 bits per heavy atom. The Balaban J connectivity index is 1.93. The van der Waals surface area contributed by atoms with Crippen LogP contribution in [0, 0.1) is 11.7 Å². The summed E-state index contributed by atoms with van der Waals surface area (Å²) in [4.78, 5) is 2.27.